The molecule has 1 rings (SSSR count). The molecule has 2 unspecified atom stereocenters. The maximum absolute atomic E-state index is 12.8. The lowest BCUT2D eigenvalue weighted by Gasteiger charge is -2.15. The van der Waals surface area contributed by atoms with Crippen LogP contribution >= 0.6 is 0 Å². The maximum atomic E-state index is 12.8. The van der Waals surface area contributed by atoms with Gasteiger partial charge in [-0.15, -0.1) is 0 Å². The molecule has 102 valence electrons. The Morgan fingerprint density at radius 2 is 1.89 bits per heavy atom. The van der Waals surface area contributed by atoms with Crippen molar-refractivity contribution in [1.29, 1.82) is 0 Å². The Morgan fingerprint density at radius 1 is 1.32 bits per heavy atom. The molecule has 0 aliphatic rings. The summed E-state index contributed by atoms with van der Waals surface area (Å²) in [6, 6.07) is 3.99. The number of Topliss-reactive ketones (excluding diaryl/α,β-unsaturated/α-hetero) is 1. The van der Waals surface area contributed by atoms with E-state index in [1.54, 1.807) is 6.92 Å². The van der Waals surface area contributed by atoms with Gasteiger partial charge in [0.05, 0.1) is 12.5 Å². The Hall–Kier alpha value is -2.11. The van der Waals surface area contributed by atoms with Crippen LogP contribution < -0.4 is 0 Å². The monoisotopic (exact) mass is 267 g/mol. The van der Waals surface area contributed by atoms with E-state index in [4.69, 9.17) is 0 Å². The Labute approximate surface area is 109 Å². The molecule has 0 spiro atoms. The molecule has 0 saturated carbocycles. The van der Waals surface area contributed by atoms with Gasteiger partial charge in [0.1, 0.15) is 11.9 Å². The summed E-state index contributed by atoms with van der Waals surface area (Å²) in [7, 11) is 0. The van der Waals surface area contributed by atoms with E-state index in [1.165, 1.54) is 19.1 Å². The van der Waals surface area contributed by atoms with Crippen LogP contribution in [-0.2, 0) is 14.3 Å². The van der Waals surface area contributed by atoms with E-state index in [-0.39, 0.29) is 6.61 Å². The Balaban J connectivity index is 2.90. The molecule has 0 heterocycles. The zero-order valence-electron chi connectivity index (χ0n) is 10.6. The molecule has 0 N–H and O–H groups in total. The SMILES string of the molecule is CCOC(=O)C(=O)C(C)C(N=O)c1ccc(F)cc1. The van der Waals surface area contributed by atoms with Gasteiger partial charge in [-0.05, 0) is 24.6 Å². The summed E-state index contributed by atoms with van der Waals surface area (Å²) in [6.07, 6.45) is 0. The van der Waals surface area contributed by atoms with E-state index >= 15 is 0 Å². The van der Waals surface area contributed by atoms with Crippen LogP contribution in [0.25, 0.3) is 0 Å². The van der Waals surface area contributed by atoms with Crippen molar-refractivity contribution in [2.24, 2.45) is 11.1 Å². The number of rotatable bonds is 6. The van der Waals surface area contributed by atoms with Crippen molar-refractivity contribution in [2.45, 2.75) is 19.9 Å². The van der Waals surface area contributed by atoms with Crippen LogP contribution in [0.4, 0.5) is 4.39 Å². The first-order valence-corrected chi connectivity index (χ1v) is 5.80. The number of nitroso groups, excluding NO2 is 1. The summed E-state index contributed by atoms with van der Waals surface area (Å²) in [6.45, 7) is 3.06. The quantitative estimate of drug-likeness (QED) is 0.450. The van der Waals surface area contributed by atoms with Crippen molar-refractivity contribution in [3.8, 4) is 0 Å². The molecule has 6 heteroatoms. The number of carbonyl (C=O) groups is 2. The van der Waals surface area contributed by atoms with Gasteiger partial charge in [0.25, 0.3) is 0 Å². The summed E-state index contributed by atoms with van der Waals surface area (Å²) >= 11 is 0. The predicted octanol–water partition coefficient (Wildman–Crippen LogP) is 2.40. The summed E-state index contributed by atoms with van der Waals surface area (Å²) in [4.78, 5) is 33.9. The Bertz CT molecular complexity index is 472. The summed E-state index contributed by atoms with van der Waals surface area (Å²) in [5.41, 5.74) is 0.376. The molecule has 1 aromatic carbocycles. The molecular weight excluding hydrogens is 253 g/mol. The van der Waals surface area contributed by atoms with Gasteiger partial charge in [0, 0.05) is 0 Å². The number of nitrogens with zero attached hydrogens (tertiary/aromatic N) is 1. The zero-order valence-corrected chi connectivity index (χ0v) is 10.6. The second-order valence-corrected chi connectivity index (χ2v) is 3.98. The molecule has 0 saturated heterocycles. The summed E-state index contributed by atoms with van der Waals surface area (Å²) in [5, 5.41) is 2.85. The number of hydrogen-bond donors (Lipinski definition) is 0. The Morgan fingerprint density at radius 3 is 2.37 bits per heavy atom. The minimum absolute atomic E-state index is 0.0764. The van der Waals surface area contributed by atoms with Crippen molar-refractivity contribution >= 4 is 11.8 Å². The third kappa shape index (κ3) is 3.67. The molecular formula is C13H14FNO4. The molecule has 5 nitrogen and oxygen atoms in total. The van der Waals surface area contributed by atoms with Gasteiger partial charge in [0.2, 0.25) is 5.78 Å². The number of hydrogen-bond acceptors (Lipinski definition) is 5. The van der Waals surface area contributed by atoms with Gasteiger partial charge >= 0.3 is 5.97 Å². The van der Waals surface area contributed by atoms with Gasteiger partial charge in [-0.2, -0.15) is 4.91 Å². The third-order valence-electron chi connectivity index (χ3n) is 2.69. The predicted molar refractivity (Wildman–Crippen MR) is 65.7 cm³/mol. The zero-order chi connectivity index (χ0) is 14.4. The Kier molecular flexibility index (Phi) is 5.29. The smallest absolute Gasteiger partial charge is 0.374 e. The number of benzene rings is 1. The molecule has 0 fully saturated rings. The second-order valence-electron chi connectivity index (χ2n) is 3.98. The minimum Gasteiger partial charge on any atom is -0.460 e. The number of halogens is 1. The standard InChI is InChI=1S/C13H14FNO4/c1-3-19-13(17)12(16)8(2)11(15-18)9-4-6-10(14)7-5-9/h4-8,11H,3H2,1-2H3. The first-order valence-electron chi connectivity index (χ1n) is 5.80. The first kappa shape index (κ1) is 14.9. The lowest BCUT2D eigenvalue weighted by atomic mass is 9.92. The largest absolute Gasteiger partial charge is 0.460 e. The van der Waals surface area contributed by atoms with E-state index in [0.717, 1.165) is 12.1 Å². The van der Waals surface area contributed by atoms with Gasteiger partial charge in [-0.25, -0.2) is 9.18 Å². The van der Waals surface area contributed by atoms with Gasteiger partial charge < -0.3 is 4.74 Å². The maximum Gasteiger partial charge on any atom is 0.374 e. The molecule has 0 amide bonds. The van der Waals surface area contributed by atoms with Crippen LogP contribution in [0.2, 0.25) is 0 Å². The fourth-order valence-electron chi connectivity index (χ4n) is 1.63. The van der Waals surface area contributed by atoms with Crippen molar-refractivity contribution in [1.82, 2.24) is 0 Å². The van der Waals surface area contributed by atoms with Crippen LogP contribution in [0.5, 0.6) is 0 Å². The van der Waals surface area contributed by atoms with Crippen molar-refractivity contribution in [3.05, 3.63) is 40.6 Å². The highest BCUT2D eigenvalue weighted by molar-refractivity contribution is 6.34. The van der Waals surface area contributed by atoms with Crippen LogP contribution in [0, 0.1) is 16.6 Å². The summed E-state index contributed by atoms with van der Waals surface area (Å²) < 4.78 is 17.4. The molecule has 1 aromatic rings. The molecule has 0 aromatic heterocycles. The molecule has 0 aliphatic heterocycles. The van der Waals surface area contributed by atoms with E-state index in [1.807, 2.05) is 0 Å². The molecule has 0 aliphatic carbocycles. The highest BCUT2D eigenvalue weighted by atomic mass is 19.1. The van der Waals surface area contributed by atoms with Crippen LogP contribution in [0.3, 0.4) is 0 Å². The highest BCUT2D eigenvalue weighted by Crippen LogP contribution is 2.27. The van der Waals surface area contributed by atoms with E-state index < -0.39 is 29.5 Å². The van der Waals surface area contributed by atoms with Gasteiger partial charge in [-0.1, -0.05) is 24.2 Å². The van der Waals surface area contributed by atoms with Crippen LogP contribution in [0.15, 0.2) is 29.4 Å². The molecule has 2 atom stereocenters. The number of ether oxygens (including phenoxy) is 1. The molecule has 19 heavy (non-hydrogen) atoms. The lowest BCUT2D eigenvalue weighted by molar-refractivity contribution is -0.155. The van der Waals surface area contributed by atoms with E-state index in [9.17, 15) is 18.9 Å². The second kappa shape index (κ2) is 6.72. The van der Waals surface area contributed by atoms with Crippen LogP contribution in [0.1, 0.15) is 25.5 Å². The first-order chi connectivity index (χ1) is 9.01. The van der Waals surface area contributed by atoms with Gasteiger partial charge in [-0.3, -0.25) is 4.79 Å². The van der Waals surface area contributed by atoms with Crippen molar-refractivity contribution in [3.63, 3.8) is 0 Å². The minimum atomic E-state index is -1.04. The average Bonchev–Trinajstić information content (AvgIpc) is 2.41. The van der Waals surface area contributed by atoms with Crippen molar-refractivity contribution < 1.29 is 18.7 Å². The summed E-state index contributed by atoms with van der Waals surface area (Å²) in [5.74, 6) is -3.23. The highest BCUT2D eigenvalue weighted by Gasteiger charge is 2.31. The number of ketones is 1. The lowest BCUT2D eigenvalue weighted by Crippen LogP contribution is -2.27. The topological polar surface area (TPSA) is 72.8 Å². The normalized spacial score (nSPS) is 13.4. The van der Waals surface area contributed by atoms with E-state index in [2.05, 4.69) is 9.91 Å². The number of esters is 1. The van der Waals surface area contributed by atoms with E-state index in [0.29, 0.717) is 5.56 Å². The van der Waals surface area contributed by atoms with Gasteiger partial charge in [0.15, 0.2) is 0 Å². The average molecular weight is 267 g/mol. The molecule has 0 radical (unpaired) electrons. The fourth-order valence-corrected chi connectivity index (χ4v) is 1.63. The third-order valence-corrected chi connectivity index (χ3v) is 2.69. The number of carbonyl (C=O) groups excluding carboxylic acids is 2. The van der Waals surface area contributed by atoms with Crippen LogP contribution in [-0.4, -0.2) is 18.4 Å². The van der Waals surface area contributed by atoms with Crippen molar-refractivity contribution in [2.75, 3.05) is 6.61 Å². The fraction of sp³-hybridized carbons (Fsp3) is 0.385. The molecule has 0 bridgehead atoms.